The molecule has 5 nitrogen and oxygen atoms in total. The molecule has 1 aliphatic heterocycles. The van der Waals surface area contributed by atoms with Crippen molar-refractivity contribution in [2.24, 2.45) is 0 Å². The first-order chi connectivity index (χ1) is 9.46. The Hall–Kier alpha value is -1.27. The van der Waals surface area contributed by atoms with Gasteiger partial charge in [-0.05, 0) is 30.7 Å². The molecule has 1 N–H and O–H groups in total. The molecule has 0 atom stereocenters. The number of ether oxygens (including phenoxy) is 1. The van der Waals surface area contributed by atoms with Crippen molar-refractivity contribution >= 4 is 15.5 Å². The summed E-state index contributed by atoms with van der Waals surface area (Å²) >= 11 is 0. The third-order valence-corrected chi connectivity index (χ3v) is 4.26. The van der Waals surface area contributed by atoms with Crippen LogP contribution in [0.1, 0.15) is 5.56 Å². The number of sulfone groups is 1. The topological polar surface area (TPSA) is 58.6 Å². The second kappa shape index (κ2) is 6.45. The van der Waals surface area contributed by atoms with Crippen LogP contribution in [-0.4, -0.2) is 53.2 Å². The first-order valence-electron chi connectivity index (χ1n) is 6.82. The van der Waals surface area contributed by atoms with Crippen LogP contribution < -0.4 is 15.0 Å². The Labute approximate surface area is 120 Å². The Morgan fingerprint density at radius 2 is 2.00 bits per heavy atom. The average Bonchev–Trinajstić information content (AvgIpc) is 2.40. The number of anilines is 1. The van der Waals surface area contributed by atoms with Crippen molar-refractivity contribution in [2.45, 2.75) is 6.92 Å². The van der Waals surface area contributed by atoms with Gasteiger partial charge < -0.3 is 15.0 Å². The van der Waals surface area contributed by atoms with Crippen LogP contribution in [-0.2, 0) is 9.84 Å². The molecular weight excluding hydrogens is 276 g/mol. The van der Waals surface area contributed by atoms with Gasteiger partial charge in [-0.25, -0.2) is 8.42 Å². The van der Waals surface area contributed by atoms with Crippen LogP contribution in [0.15, 0.2) is 18.2 Å². The summed E-state index contributed by atoms with van der Waals surface area (Å²) in [6.45, 7) is 6.22. The van der Waals surface area contributed by atoms with Gasteiger partial charge in [0.25, 0.3) is 0 Å². The maximum atomic E-state index is 11.1. The van der Waals surface area contributed by atoms with Gasteiger partial charge in [0.05, 0.1) is 5.75 Å². The molecule has 2 rings (SSSR count). The number of hydrogen-bond donors (Lipinski definition) is 1. The fourth-order valence-corrected chi connectivity index (χ4v) is 2.60. The summed E-state index contributed by atoms with van der Waals surface area (Å²) in [7, 11) is -2.97. The highest BCUT2D eigenvalue weighted by Gasteiger charge is 2.12. The molecule has 0 aliphatic carbocycles. The lowest BCUT2D eigenvalue weighted by molar-refractivity contribution is 0.339. The molecule has 0 bridgehead atoms. The monoisotopic (exact) mass is 298 g/mol. The predicted octanol–water partition coefficient (Wildman–Crippen LogP) is 0.828. The Balaban J connectivity index is 1.98. The Bertz CT molecular complexity index is 552. The van der Waals surface area contributed by atoms with E-state index in [1.54, 1.807) is 0 Å². The summed E-state index contributed by atoms with van der Waals surface area (Å²) in [4.78, 5) is 2.34. The largest absolute Gasteiger partial charge is 0.492 e. The molecule has 1 aliphatic rings. The second-order valence-corrected chi connectivity index (χ2v) is 7.42. The summed E-state index contributed by atoms with van der Waals surface area (Å²) in [6.07, 6.45) is 1.22. The second-order valence-electron chi connectivity index (χ2n) is 5.17. The summed E-state index contributed by atoms with van der Waals surface area (Å²) in [5, 5.41) is 3.33. The minimum Gasteiger partial charge on any atom is -0.492 e. The lowest BCUT2D eigenvalue weighted by Crippen LogP contribution is -2.43. The van der Waals surface area contributed by atoms with Gasteiger partial charge in [0.2, 0.25) is 0 Å². The molecule has 0 unspecified atom stereocenters. The number of rotatable bonds is 5. The highest BCUT2D eigenvalue weighted by Crippen LogP contribution is 2.24. The molecule has 1 aromatic rings. The van der Waals surface area contributed by atoms with Crippen molar-refractivity contribution in [3.63, 3.8) is 0 Å². The van der Waals surface area contributed by atoms with Gasteiger partial charge >= 0.3 is 0 Å². The third kappa shape index (κ3) is 4.38. The van der Waals surface area contributed by atoms with Crippen LogP contribution in [0.2, 0.25) is 0 Å². The third-order valence-electron chi connectivity index (χ3n) is 3.35. The number of piperazine rings is 1. The number of hydrogen-bond acceptors (Lipinski definition) is 5. The van der Waals surface area contributed by atoms with E-state index in [2.05, 4.69) is 16.3 Å². The van der Waals surface area contributed by atoms with E-state index < -0.39 is 9.84 Å². The van der Waals surface area contributed by atoms with Gasteiger partial charge in [-0.1, -0.05) is 0 Å². The molecule has 1 aromatic carbocycles. The van der Waals surface area contributed by atoms with Crippen molar-refractivity contribution in [1.82, 2.24) is 5.32 Å². The molecule has 112 valence electrons. The van der Waals surface area contributed by atoms with E-state index in [1.807, 2.05) is 19.1 Å². The van der Waals surface area contributed by atoms with E-state index in [9.17, 15) is 8.42 Å². The average molecular weight is 298 g/mol. The summed E-state index contributed by atoms with van der Waals surface area (Å²) in [5.74, 6) is 0.805. The van der Waals surface area contributed by atoms with Gasteiger partial charge in [0.15, 0.2) is 9.84 Å². The zero-order valence-electron chi connectivity index (χ0n) is 12.1. The minimum atomic E-state index is -2.97. The van der Waals surface area contributed by atoms with Crippen LogP contribution in [0.5, 0.6) is 5.75 Å². The highest BCUT2D eigenvalue weighted by atomic mass is 32.2. The van der Waals surface area contributed by atoms with Crippen LogP contribution in [0.3, 0.4) is 0 Å². The van der Waals surface area contributed by atoms with Gasteiger partial charge in [-0.3, -0.25) is 0 Å². The smallest absolute Gasteiger partial charge is 0.150 e. The van der Waals surface area contributed by atoms with Crippen molar-refractivity contribution in [3.8, 4) is 5.75 Å². The van der Waals surface area contributed by atoms with E-state index in [0.717, 1.165) is 37.5 Å². The highest BCUT2D eigenvalue weighted by molar-refractivity contribution is 7.90. The molecule has 1 fully saturated rings. The number of benzene rings is 1. The standard InChI is InChI=1S/C14H22N2O3S/c1-12-11-13(16-7-5-15-6-8-16)3-4-14(12)19-9-10-20(2,17)18/h3-4,11,15H,5-10H2,1-2H3. The quantitative estimate of drug-likeness (QED) is 0.872. The zero-order chi connectivity index (χ0) is 14.6. The van der Waals surface area contributed by atoms with E-state index in [-0.39, 0.29) is 12.4 Å². The fraction of sp³-hybridized carbons (Fsp3) is 0.571. The molecular formula is C14H22N2O3S. The van der Waals surface area contributed by atoms with Crippen LogP contribution >= 0.6 is 0 Å². The van der Waals surface area contributed by atoms with Gasteiger partial charge in [-0.15, -0.1) is 0 Å². The minimum absolute atomic E-state index is 0.0476. The summed E-state index contributed by atoms with van der Waals surface area (Å²) in [5.41, 5.74) is 2.23. The van der Waals surface area contributed by atoms with E-state index in [1.165, 1.54) is 11.9 Å². The SMILES string of the molecule is Cc1cc(N2CCNCC2)ccc1OCCS(C)(=O)=O. The Kier molecular flexibility index (Phi) is 4.88. The number of nitrogens with zero attached hydrogens (tertiary/aromatic N) is 1. The maximum absolute atomic E-state index is 11.1. The van der Waals surface area contributed by atoms with Gasteiger partial charge in [0.1, 0.15) is 12.4 Å². The van der Waals surface area contributed by atoms with E-state index in [4.69, 9.17) is 4.74 Å². The zero-order valence-corrected chi connectivity index (χ0v) is 12.9. The predicted molar refractivity (Wildman–Crippen MR) is 81.5 cm³/mol. The molecule has 0 saturated carbocycles. The molecule has 1 heterocycles. The molecule has 0 aromatic heterocycles. The lowest BCUT2D eigenvalue weighted by Gasteiger charge is -2.29. The first-order valence-corrected chi connectivity index (χ1v) is 8.88. The normalized spacial score (nSPS) is 16.2. The molecule has 20 heavy (non-hydrogen) atoms. The molecule has 0 spiro atoms. The van der Waals surface area contributed by atoms with E-state index in [0.29, 0.717) is 0 Å². The fourth-order valence-electron chi connectivity index (χ4n) is 2.22. The van der Waals surface area contributed by atoms with Crippen LogP contribution in [0, 0.1) is 6.92 Å². The van der Waals surface area contributed by atoms with Crippen molar-refractivity contribution in [1.29, 1.82) is 0 Å². The number of aryl methyl sites for hydroxylation is 1. The Morgan fingerprint density at radius 3 is 2.60 bits per heavy atom. The van der Waals surface area contributed by atoms with Crippen LogP contribution in [0.4, 0.5) is 5.69 Å². The molecule has 0 radical (unpaired) electrons. The molecule has 1 saturated heterocycles. The molecule has 6 heteroatoms. The van der Waals surface area contributed by atoms with E-state index >= 15 is 0 Å². The maximum Gasteiger partial charge on any atom is 0.150 e. The van der Waals surface area contributed by atoms with Gasteiger partial charge in [-0.2, -0.15) is 0 Å². The lowest BCUT2D eigenvalue weighted by atomic mass is 10.1. The first kappa shape index (κ1) is 15.1. The summed E-state index contributed by atoms with van der Waals surface area (Å²) in [6, 6.07) is 6.06. The van der Waals surface area contributed by atoms with Crippen molar-refractivity contribution in [2.75, 3.05) is 49.7 Å². The molecule has 0 amide bonds. The Morgan fingerprint density at radius 1 is 1.30 bits per heavy atom. The van der Waals surface area contributed by atoms with Crippen molar-refractivity contribution < 1.29 is 13.2 Å². The summed E-state index contributed by atoms with van der Waals surface area (Å²) < 4.78 is 27.7. The van der Waals surface area contributed by atoms with Gasteiger partial charge in [0, 0.05) is 38.1 Å². The number of nitrogens with one attached hydrogen (secondary N) is 1. The van der Waals surface area contributed by atoms with Crippen LogP contribution in [0.25, 0.3) is 0 Å². The van der Waals surface area contributed by atoms with Crippen molar-refractivity contribution in [3.05, 3.63) is 23.8 Å².